The highest BCUT2D eigenvalue weighted by molar-refractivity contribution is 6.07. The molecular weight excluding hydrogens is 218 g/mol. The third-order valence-corrected chi connectivity index (χ3v) is 3.41. The molecule has 1 spiro atoms. The van der Waals surface area contributed by atoms with Crippen molar-refractivity contribution >= 4 is 17.6 Å². The van der Waals surface area contributed by atoms with E-state index in [0.717, 1.165) is 12.2 Å². The minimum atomic E-state index is -0.729. The quantitative estimate of drug-likeness (QED) is 0.691. The summed E-state index contributed by atoms with van der Waals surface area (Å²) in [6.07, 6.45) is 0.652. The van der Waals surface area contributed by atoms with Gasteiger partial charge in [-0.15, -0.1) is 0 Å². The monoisotopic (exact) mass is 231 g/mol. The Hall–Kier alpha value is -2.04. The summed E-state index contributed by atoms with van der Waals surface area (Å²) < 4.78 is 0. The minimum absolute atomic E-state index is 0.207. The molecule has 2 N–H and O–H groups in total. The van der Waals surface area contributed by atoms with Crippen LogP contribution in [0.25, 0.3) is 0 Å². The Morgan fingerprint density at radius 1 is 1.18 bits per heavy atom. The third kappa shape index (κ3) is 1.54. The largest absolute Gasteiger partial charge is 0.369 e. The summed E-state index contributed by atoms with van der Waals surface area (Å²) in [6, 6.07) is 9.52. The molecule has 2 fully saturated rings. The van der Waals surface area contributed by atoms with Gasteiger partial charge in [0.05, 0.1) is 6.54 Å². The molecule has 0 saturated carbocycles. The SMILES string of the molecule is O=C1NC(=O)C2(CCN(c3ccccc3)C2)N1. The molecule has 0 aliphatic carbocycles. The number of carbonyl (C=O) groups is 2. The lowest BCUT2D eigenvalue weighted by Crippen LogP contribution is -2.49. The van der Waals surface area contributed by atoms with Crippen molar-refractivity contribution in [1.29, 1.82) is 0 Å². The van der Waals surface area contributed by atoms with Crippen molar-refractivity contribution in [3.05, 3.63) is 30.3 Å². The number of urea groups is 1. The molecule has 0 aromatic heterocycles. The molecule has 2 aliphatic heterocycles. The van der Waals surface area contributed by atoms with Gasteiger partial charge in [-0.2, -0.15) is 0 Å². The fraction of sp³-hybridized carbons (Fsp3) is 0.333. The molecule has 0 radical (unpaired) electrons. The van der Waals surface area contributed by atoms with E-state index in [0.29, 0.717) is 13.0 Å². The van der Waals surface area contributed by atoms with E-state index in [1.807, 2.05) is 30.3 Å². The molecule has 88 valence electrons. The summed E-state index contributed by atoms with van der Waals surface area (Å²) in [5.74, 6) is -0.207. The maximum Gasteiger partial charge on any atom is 0.322 e. The summed E-state index contributed by atoms with van der Waals surface area (Å²) in [4.78, 5) is 25.1. The van der Waals surface area contributed by atoms with Crippen molar-refractivity contribution in [2.75, 3.05) is 18.0 Å². The number of para-hydroxylation sites is 1. The van der Waals surface area contributed by atoms with E-state index < -0.39 is 5.54 Å². The normalized spacial score (nSPS) is 27.4. The van der Waals surface area contributed by atoms with Gasteiger partial charge in [-0.05, 0) is 18.6 Å². The molecule has 1 aromatic rings. The summed E-state index contributed by atoms with van der Waals surface area (Å²) in [6.45, 7) is 1.31. The highest BCUT2D eigenvalue weighted by Crippen LogP contribution is 2.28. The van der Waals surface area contributed by atoms with Gasteiger partial charge in [0.15, 0.2) is 0 Å². The molecule has 3 amide bonds. The smallest absolute Gasteiger partial charge is 0.322 e. The molecule has 2 saturated heterocycles. The van der Waals surface area contributed by atoms with Gasteiger partial charge in [0, 0.05) is 12.2 Å². The standard InChI is InChI=1S/C12H13N3O2/c16-10-12(14-11(17)13-10)6-7-15(8-12)9-4-2-1-3-5-9/h1-5H,6-8H2,(H2,13,14,16,17). The molecule has 0 bridgehead atoms. The van der Waals surface area contributed by atoms with Crippen LogP contribution < -0.4 is 15.5 Å². The predicted octanol–water partition coefficient (Wildman–Crippen LogP) is 0.475. The van der Waals surface area contributed by atoms with E-state index in [4.69, 9.17) is 0 Å². The molecule has 1 unspecified atom stereocenters. The first-order valence-electron chi connectivity index (χ1n) is 5.63. The molecule has 1 aromatic carbocycles. The summed E-state index contributed by atoms with van der Waals surface area (Å²) in [5.41, 5.74) is 0.353. The minimum Gasteiger partial charge on any atom is -0.369 e. The van der Waals surface area contributed by atoms with Gasteiger partial charge in [-0.3, -0.25) is 10.1 Å². The van der Waals surface area contributed by atoms with E-state index in [1.54, 1.807) is 0 Å². The molecule has 2 aliphatic rings. The Labute approximate surface area is 98.8 Å². The van der Waals surface area contributed by atoms with Gasteiger partial charge in [0.25, 0.3) is 5.91 Å². The van der Waals surface area contributed by atoms with Crippen molar-refractivity contribution in [2.24, 2.45) is 0 Å². The zero-order valence-electron chi connectivity index (χ0n) is 9.27. The van der Waals surface area contributed by atoms with Crippen LogP contribution in [0.15, 0.2) is 30.3 Å². The van der Waals surface area contributed by atoms with E-state index in [1.165, 1.54) is 0 Å². The Bertz CT molecular complexity index is 474. The Kier molecular flexibility index (Phi) is 2.07. The average Bonchev–Trinajstić information content (AvgIpc) is 2.86. The summed E-state index contributed by atoms with van der Waals surface area (Å²) >= 11 is 0. The fourth-order valence-corrected chi connectivity index (χ4v) is 2.48. The zero-order valence-corrected chi connectivity index (χ0v) is 9.27. The van der Waals surface area contributed by atoms with Gasteiger partial charge in [-0.1, -0.05) is 18.2 Å². The van der Waals surface area contributed by atoms with Crippen LogP contribution in [0.3, 0.4) is 0 Å². The van der Waals surface area contributed by atoms with Crippen LogP contribution in [0.5, 0.6) is 0 Å². The number of hydrogen-bond acceptors (Lipinski definition) is 3. The Morgan fingerprint density at radius 2 is 1.94 bits per heavy atom. The second-order valence-electron chi connectivity index (χ2n) is 4.50. The van der Waals surface area contributed by atoms with Crippen LogP contribution in [0, 0.1) is 0 Å². The molecule has 3 rings (SSSR count). The van der Waals surface area contributed by atoms with Crippen LogP contribution in [0.1, 0.15) is 6.42 Å². The lowest BCUT2D eigenvalue weighted by molar-refractivity contribution is -0.123. The number of nitrogens with one attached hydrogen (secondary N) is 2. The van der Waals surface area contributed by atoms with Crippen LogP contribution in [0.2, 0.25) is 0 Å². The highest BCUT2D eigenvalue weighted by Gasteiger charge is 2.50. The molecular formula is C12H13N3O2. The number of carbonyl (C=O) groups excluding carboxylic acids is 2. The number of benzene rings is 1. The van der Waals surface area contributed by atoms with Crippen LogP contribution in [0.4, 0.5) is 10.5 Å². The number of rotatable bonds is 1. The molecule has 5 nitrogen and oxygen atoms in total. The van der Waals surface area contributed by atoms with Crippen molar-refractivity contribution in [3.63, 3.8) is 0 Å². The lowest BCUT2D eigenvalue weighted by atomic mass is 9.99. The van der Waals surface area contributed by atoms with Gasteiger partial charge in [0.1, 0.15) is 5.54 Å². The molecule has 17 heavy (non-hydrogen) atoms. The maximum absolute atomic E-state index is 11.8. The van der Waals surface area contributed by atoms with Gasteiger partial charge in [0.2, 0.25) is 0 Å². The second-order valence-corrected chi connectivity index (χ2v) is 4.50. The first-order valence-corrected chi connectivity index (χ1v) is 5.63. The van der Waals surface area contributed by atoms with E-state index >= 15 is 0 Å². The summed E-state index contributed by atoms with van der Waals surface area (Å²) in [7, 11) is 0. The lowest BCUT2D eigenvalue weighted by Gasteiger charge is -2.22. The van der Waals surface area contributed by atoms with Crippen molar-refractivity contribution < 1.29 is 9.59 Å². The molecule has 5 heteroatoms. The van der Waals surface area contributed by atoms with E-state index in [9.17, 15) is 9.59 Å². The van der Waals surface area contributed by atoms with E-state index in [2.05, 4.69) is 15.5 Å². The maximum atomic E-state index is 11.8. The number of hydrogen-bond donors (Lipinski definition) is 2. The number of anilines is 1. The fourth-order valence-electron chi connectivity index (χ4n) is 2.48. The van der Waals surface area contributed by atoms with E-state index in [-0.39, 0.29) is 11.9 Å². The van der Waals surface area contributed by atoms with Gasteiger partial charge in [-0.25, -0.2) is 4.79 Å². The van der Waals surface area contributed by atoms with Crippen LogP contribution >= 0.6 is 0 Å². The topological polar surface area (TPSA) is 61.4 Å². The predicted molar refractivity (Wildman–Crippen MR) is 62.7 cm³/mol. The molecule has 1 atom stereocenters. The number of nitrogens with zero attached hydrogens (tertiary/aromatic N) is 1. The zero-order chi connectivity index (χ0) is 11.9. The van der Waals surface area contributed by atoms with Crippen LogP contribution in [-0.4, -0.2) is 30.6 Å². The highest BCUT2D eigenvalue weighted by atomic mass is 16.2. The van der Waals surface area contributed by atoms with Crippen LogP contribution in [-0.2, 0) is 4.79 Å². The van der Waals surface area contributed by atoms with Gasteiger partial charge >= 0.3 is 6.03 Å². The molecule has 2 heterocycles. The number of imide groups is 1. The average molecular weight is 231 g/mol. The van der Waals surface area contributed by atoms with Crippen molar-refractivity contribution in [1.82, 2.24) is 10.6 Å². The first-order chi connectivity index (χ1) is 8.20. The van der Waals surface area contributed by atoms with Crippen molar-refractivity contribution in [3.8, 4) is 0 Å². The first kappa shape index (κ1) is 10.1. The number of amides is 3. The van der Waals surface area contributed by atoms with Gasteiger partial charge < -0.3 is 10.2 Å². The third-order valence-electron chi connectivity index (χ3n) is 3.41. The van der Waals surface area contributed by atoms with Crippen molar-refractivity contribution in [2.45, 2.75) is 12.0 Å². The summed E-state index contributed by atoms with van der Waals surface area (Å²) in [5, 5.41) is 5.04. The Balaban J connectivity index is 1.83. The second kappa shape index (κ2) is 3.48. The Morgan fingerprint density at radius 3 is 2.59 bits per heavy atom.